The highest BCUT2D eigenvalue weighted by Crippen LogP contribution is 2.14. The molecule has 0 aliphatic heterocycles. The third-order valence-corrected chi connectivity index (χ3v) is 4.78. The molecule has 0 saturated carbocycles. The molecule has 0 aromatic heterocycles. The molecule has 1 aromatic rings. The van der Waals surface area contributed by atoms with Gasteiger partial charge in [0.05, 0.1) is 25.0 Å². The molecule has 1 rings (SSSR count). The van der Waals surface area contributed by atoms with Gasteiger partial charge in [0.2, 0.25) is 5.91 Å². The summed E-state index contributed by atoms with van der Waals surface area (Å²) in [6.45, 7) is -2.15. The van der Waals surface area contributed by atoms with Crippen LogP contribution in [0, 0.1) is 0 Å². The maximum absolute atomic E-state index is 11.9. The van der Waals surface area contributed by atoms with Gasteiger partial charge in [0.25, 0.3) is 0 Å². The number of hydrogen-bond acceptors (Lipinski definition) is 7. The molecule has 176 valence electrons. The number of alkyl halides is 1. The lowest BCUT2D eigenvalue weighted by Gasteiger charge is -2.29. The van der Waals surface area contributed by atoms with Gasteiger partial charge in [-0.3, -0.25) is 33.8 Å². The number of carboxylic acids is 4. The number of carbonyl (C=O) groups is 5. The molecular weight excluding hydrogens is 494 g/mol. The first-order valence-corrected chi connectivity index (χ1v) is 10.4. The van der Waals surface area contributed by atoms with Gasteiger partial charge in [-0.05, 0) is 24.1 Å². The molecule has 0 radical (unpaired) electrons. The first-order valence-electron chi connectivity index (χ1n) is 9.31. The Balaban J connectivity index is 2.97. The number of hydrogen-bond donors (Lipinski definition) is 5. The van der Waals surface area contributed by atoms with Crippen LogP contribution >= 0.6 is 15.9 Å². The topological polar surface area (TPSA) is 185 Å². The lowest BCUT2D eigenvalue weighted by molar-refractivity contribution is -0.148. The fourth-order valence-electron chi connectivity index (χ4n) is 2.90. The van der Waals surface area contributed by atoms with Crippen molar-refractivity contribution in [2.75, 3.05) is 43.4 Å². The molecule has 13 heteroatoms. The zero-order chi connectivity index (χ0) is 24.3. The predicted molar refractivity (Wildman–Crippen MR) is 115 cm³/mol. The van der Waals surface area contributed by atoms with Gasteiger partial charge in [-0.25, -0.2) is 0 Å². The van der Waals surface area contributed by atoms with Gasteiger partial charge in [-0.1, -0.05) is 28.1 Å². The Labute approximate surface area is 191 Å². The second-order valence-electron chi connectivity index (χ2n) is 6.80. The number of aliphatic carboxylic acids is 4. The van der Waals surface area contributed by atoms with Crippen molar-refractivity contribution in [3.05, 3.63) is 29.8 Å². The molecule has 0 heterocycles. The molecule has 5 N–H and O–H groups in total. The van der Waals surface area contributed by atoms with Crippen LogP contribution in [0.3, 0.4) is 0 Å². The lowest BCUT2D eigenvalue weighted by atomic mass is 10.0. The van der Waals surface area contributed by atoms with E-state index in [-0.39, 0.29) is 30.7 Å². The number of carbonyl (C=O) groups excluding carboxylic acids is 1. The van der Waals surface area contributed by atoms with E-state index in [9.17, 15) is 34.2 Å². The van der Waals surface area contributed by atoms with E-state index in [2.05, 4.69) is 21.2 Å². The molecule has 12 nitrogen and oxygen atoms in total. The van der Waals surface area contributed by atoms with Gasteiger partial charge in [0, 0.05) is 18.8 Å². The highest BCUT2D eigenvalue weighted by atomic mass is 79.9. The van der Waals surface area contributed by atoms with Gasteiger partial charge in [-0.15, -0.1) is 0 Å². The monoisotopic (exact) mass is 517 g/mol. The molecule has 0 fully saturated rings. The van der Waals surface area contributed by atoms with Crippen LogP contribution in [-0.4, -0.2) is 104 Å². The number of halogens is 1. The summed E-state index contributed by atoms with van der Waals surface area (Å²) < 4.78 is 0. The number of nitrogens with zero attached hydrogens (tertiary/aromatic N) is 2. The summed E-state index contributed by atoms with van der Waals surface area (Å²) in [5.41, 5.74) is 1.07. The largest absolute Gasteiger partial charge is 0.480 e. The van der Waals surface area contributed by atoms with E-state index in [1.165, 1.54) is 0 Å². The summed E-state index contributed by atoms with van der Waals surface area (Å²) in [7, 11) is 0. The summed E-state index contributed by atoms with van der Waals surface area (Å²) in [6, 6.07) is 5.10. The Morgan fingerprint density at radius 3 is 1.81 bits per heavy atom. The van der Waals surface area contributed by atoms with Gasteiger partial charge in [0.1, 0.15) is 6.04 Å². The first-order chi connectivity index (χ1) is 15.0. The predicted octanol–water partition coefficient (Wildman–Crippen LogP) is -0.126. The third kappa shape index (κ3) is 10.3. The number of amides is 1. The molecule has 32 heavy (non-hydrogen) atoms. The van der Waals surface area contributed by atoms with Crippen LogP contribution in [0.2, 0.25) is 0 Å². The van der Waals surface area contributed by atoms with Crippen LogP contribution in [0.4, 0.5) is 5.69 Å². The summed E-state index contributed by atoms with van der Waals surface area (Å²) >= 11 is 3.02. The molecule has 1 aromatic carbocycles. The van der Waals surface area contributed by atoms with Crippen molar-refractivity contribution >= 4 is 51.4 Å². The van der Waals surface area contributed by atoms with Crippen molar-refractivity contribution in [1.82, 2.24) is 9.80 Å². The van der Waals surface area contributed by atoms with Crippen LogP contribution in [0.1, 0.15) is 5.56 Å². The number of rotatable bonds is 15. The molecular formula is C19H24BrN3O9. The van der Waals surface area contributed by atoms with Crippen molar-refractivity contribution in [2.24, 2.45) is 0 Å². The Hall–Kier alpha value is -3.03. The fraction of sp³-hybridized carbons (Fsp3) is 0.421. The fourth-order valence-corrected chi connectivity index (χ4v) is 3.04. The molecule has 1 unspecified atom stereocenters. The molecule has 0 spiro atoms. The van der Waals surface area contributed by atoms with Crippen LogP contribution in [0.5, 0.6) is 0 Å². The summed E-state index contributed by atoms with van der Waals surface area (Å²) in [6.07, 6.45) is -0.0624. The van der Waals surface area contributed by atoms with E-state index in [0.29, 0.717) is 11.3 Å². The normalized spacial score (nSPS) is 11.8. The van der Waals surface area contributed by atoms with Gasteiger partial charge >= 0.3 is 23.9 Å². The van der Waals surface area contributed by atoms with Crippen molar-refractivity contribution in [3.8, 4) is 0 Å². The molecule has 0 saturated heterocycles. The standard InChI is InChI=1S/C19H24BrN3O9/c20-8-15(24)21-13-3-1-12(2-4-13)7-14(19(31)32)23(11-18(29)30)6-5-22(9-16(25)26)10-17(27)28/h1-4,14H,5-11H2,(H,21,24)(H,25,26)(H,27,28)(H,29,30)(H,31,32). The minimum absolute atomic E-state index is 0.0624. The molecule has 1 atom stereocenters. The molecule has 1 amide bonds. The van der Waals surface area contributed by atoms with Crippen molar-refractivity contribution in [3.63, 3.8) is 0 Å². The van der Waals surface area contributed by atoms with Crippen LogP contribution in [0.15, 0.2) is 24.3 Å². The smallest absolute Gasteiger partial charge is 0.321 e. The number of carboxylic acid groups (broad SMARTS) is 4. The highest BCUT2D eigenvalue weighted by molar-refractivity contribution is 9.09. The minimum atomic E-state index is -1.29. The quantitative estimate of drug-likeness (QED) is 0.195. The van der Waals surface area contributed by atoms with Crippen LogP contribution in [-0.2, 0) is 30.4 Å². The van der Waals surface area contributed by atoms with Crippen molar-refractivity contribution < 1.29 is 44.4 Å². The summed E-state index contributed by atoms with van der Waals surface area (Å²) in [5.74, 6) is -5.37. The Bertz CT molecular complexity index is 816. The first kappa shape index (κ1) is 27.0. The van der Waals surface area contributed by atoms with E-state index < -0.39 is 49.6 Å². The molecule has 0 aliphatic rings. The maximum atomic E-state index is 11.9. The van der Waals surface area contributed by atoms with E-state index in [1.54, 1.807) is 24.3 Å². The van der Waals surface area contributed by atoms with Crippen LogP contribution in [0.25, 0.3) is 0 Å². The summed E-state index contributed by atoms with van der Waals surface area (Å²) in [4.78, 5) is 58.7. The lowest BCUT2D eigenvalue weighted by Crippen LogP contribution is -2.49. The summed E-state index contributed by atoms with van der Waals surface area (Å²) in [5, 5.41) is 39.5. The Morgan fingerprint density at radius 1 is 0.844 bits per heavy atom. The average Bonchev–Trinajstić information content (AvgIpc) is 2.69. The SMILES string of the molecule is O=C(O)CN(CCN(CC(=O)O)C(Cc1ccc(NC(=O)CBr)cc1)C(=O)O)CC(=O)O. The van der Waals surface area contributed by atoms with E-state index in [4.69, 9.17) is 10.2 Å². The second-order valence-corrected chi connectivity index (χ2v) is 7.36. The molecule has 0 bridgehead atoms. The zero-order valence-corrected chi connectivity index (χ0v) is 18.5. The maximum Gasteiger partial charge on any atom is 0.321 e. The number of anilines is 1. The highest BCUT2D eigenvalue weighted by Gasteiger charge is 2.28. The molecule has 0 aliphatic carbocycles. The second kappa shape index (κ2) is 13.4. The Kier molecular flexibility index (Phi) is 11.3. The van der Waals surface area contributed by atoms with Gasteiger partial charge < -0.3 is 25.7 Å². The number of benzene rings is 1. The van der Waals surface area contributed by atoms with Gasteiger partial charge in [0.15, 0.2) is 0 Å². The minimum Gasteiger partial charge on any atom is -0.480 e. The average molecular weight is 518 g/mol. The zero-order valence-electron chi connectivity index (χ0n) is 16.9. The van der Waals surface area contributed by atoms with E-state index in [0.717, 1.165) is 9.80 Å². The van der Waals surface area contributed by atoms with Crippen molar-refractivity contribution in [1.29, 1.82) is 0 Å². The van der Waals surface area contributed by atoms with Gasteiger partial charge in [-0.2, -0.15) is 0 Å². The third-order valence-electron chi connectivity index (χ3n) is 4.27. The van der Waals surface area contributed by atoms with Crippen molar-refractivity contribution in [2.45, 2.75) is 12.5 Å². The van der Waals surface area contributed by atoms with E-state index >= 15 is 0 Å². The number of nitrogens with one attached hydrogen (secondary N) is 1. The Morgan fingerprint density at radius 2 is 1.38 bits per heavy atom. The van der Waals surface area contributed by atoms with Crippen LogP contribution < -0.4 is 5.32 Å². The van der Waals surface area contributed by atoms with E-state index in [1.807, 2.05) is 0 Å².